The largest absolute Gasteiger partial charge is 0.420 e. The number of sulfonamides is 1. The molecule has 2 aromatic heterocycles. The standard InChI is InChI=1S/C22H24ClF3N6O3S/c1-13-9-32(36(2,34)35)6-5-17(13)29-21-27-8-15(22(24,25)26)20(30-21)18-10-31(12-28-18)19-4-3-14(11-33)7-16(19)23/h3-4,7-8,10,12-13,17,33H,5-6,9,11H2,1-2H3,(H,27,29,30)/t13-,17+/m1/s1. The lowest BCUT2D eigenvalue weighted by Gasteiger charge is -2.35. The molecule has 9 nitrogen and oxygen atoms in total. The number of aliphatic hydroxyl groups excluding tert-OH is 1. The van der Waals surface area contributed by atoms with Crippen molar-refractivity contribution in [2.75, 3.05) is 24.7 Å². The first kappa shape index (κ1) is 26.3. The van der Waals surface area contributed by atoms with Gasteiger partial charge in [-0.2, -0.15) is 13.2 Å². The third-order valence-corrected chi connectivity index (χ3v) is 7.62. The molecule has 0 aliphatic carbocycles. The number of rotatable bonds is 6. The zero-order valence-corrected chi connectivity index (χ0v) is 20.9. The van der Waals surface area contributed by atoms with Crippen molar-refractivity contribution in [3.63, 3.8) is 0 Å². The SMILES string of the molecule is C[C@@H]1CN(S(C)(=O)=O)CC[C@@H]1Nc1ncc(C(F)(F)F)c(-c2cn(-c3ccc(CO)cc3Cl)cn2)n1. The minimum absolute atomic E-state index is 0.0115. The monoisotopic (exact) mass is 544 g/mol. The number of hydrogen-bond donors (Lipinski definition) is 2. The van der Waals surface area contributed by atoms with Crippen molar-refractivity contribution in [1.29, 1.82) is 0 Å². The van der Waals surface area contributed by atoms with E-state index in [1.807, 2.05) is 6.92 Å². The molecule has 194 valence electrons. The first-order chi connectivity index (χ1) is 16.9. The molecule has 0 radical (unpaired) electrons. The van der Waals surface area contributed by atoms with Gasteiger partial charge in [-0.25, -0.2) is 27.7 Å². The molecule has 1 aromatic carbocycles. The number of aliphatic hydroxyl groups is 1. The van der Waals surface area contributed by atoms with Crippen LogP contribution in [0, 0.1) is 5.92 Å². The number of halogens is 4. The molecule has 4 rings (SSSR count). The van der Waals surface area contributed by atoms with Crippen LogP contribution in [0.3, 0.4) is 0 Å². The number of aromatic nitrogens is 4. The summed E-state index contributed by atoms with van der Waals surface area (Å²) in [5.41, 5.74) is -0.412. The minimum Gasteiger partial charge on any atom is -0.392 e. The average Bonchev–Trinajstić information content (AvgIpc) is 3.28. The summed E-state index contributed by atoms with van der Waals surface area (Å²) in [6, 6.07) is 4.60. The molecule has 2 atom stereocenters. The number of nitrogens with zero attached hydrogens (tertiary/aromatic N) is 5. The van der Waals surface area contributed by atoms with Gasteiger partial charge in [-0.15, -0.1) is 0 Å². The van der Waals surface area contributed by atoms with E-state index in [4.69, 9.17) is 11.6 Å². The molecule has 1 saturated heterocycles. The fourth-order valence-electron chi connectivity index (χ4n) is 4.08. The number of benzene rings is 1. The van der Waals surface area contributed by atoms with Crippen LogP contribution in [-0.2, 0) is 22.8 Å². The highest BCUT2D eigenvalue weighted by atomic mass is 35.5. The predicted molar refractivity (Wildman–Crippen MR) is 128 cm³/mol. The Morgan fingerprint density at radius 1 is 1.28 bits per heavy atom. The molecule has 36 heavy (non-hydrogen) atoms. The van der Waals surface area contributed by atoms with E-state index < -0.39 is 27.5 Å². The second-order valence-electron chi connectivity index (χ2n) is 8.70. The Labute approximate surface area is 211 Å². The molecule has 0 saturated carbocycles. The summed E-state index contributed by atoms with van der Waals surface area (Å²) < 4.78 is 67.8. The number of alkyl halides is 3. The fraction of sp³-hybridized carbons (Fsp3) is 0.409. The molecule has 3 heterocycles. The molecule has 0 spiro atoms. The summed E-state index contributed by atoms with van der Waals surface area (Å²) in [6.07, 6.45) is 0.300. The lowest BCUT2D eigenvalue weighted by atomic mass is 9.95. The first-order valence-corrected chi connectivity index (χ1v) is 13.2. The highest BCUT2D eigenvalue weighted by molar-refractivity contribution is 7.88. The Kier molecular flexibility index (Phi) is 7.28. The summed E-state index contributed by atoms with van der Waals surface area (Å²) in [5, 5.41) is 12.6. The third kappa shape index (κ3) is 5.64. The lowest BCUT2D eigenvalue weighted by molar-refractivity contribution is -0.137. The lowest BCUT2D eigenvalue weighted by Crippen LogP contribution is -2.47. The van der Waals surface area contributed by atoms with Gasteiger partial charge in [0.25, 0.3) is 0 Å². The van der Waals surface area contributed by atoms with Crippen LogP contribution in [0.5, 0.6) is 0 Å². The van der Waals surface area contributed by atoms with Gasteiger partial charge in [-0.1, -0.05) is 24.6 Å². The van der Waals surface area contributed by atoms with Crippen molar-refractivity contribution in [3.05, 3.63) is 53.1 Å². The van der Waals surface area contributed by atoms with Crippen molar-refractivity contribution in [3.8, 4) is 17.1 Å². The number of piperidine rings is 1. The summed E-state index contributed by atoms with van der Waals surface area (Å²) in [6.45, 7) is 2.22. The van der Waals surface area contributed by atoms with Crippen molar-refractivity contribution in [1.82, 2.24) is 23.8 Å². The Morgan fingerprint density at radius 3 is 2.64 bits per heavy atom. The smallest absolute Gasteiger partial charge is 0.392 e. The van der Waals surface area contributed by atoms with Crippen molar-refractivity contribution in [2.24, 2.45) is 5.92 Å². The van der Waals surface area contributed by atoms with Crippen LogP contribution in [0.2, 0.25) is 5.02 Å². The highest BCUT2D eigenvalue weighted by Crippen LogP contribution is 2.36. The molecule has 2 N–H and O–H groups in total. The van der Waals surface area contributed by atoms with Crippen LogP contribution in [-0.4, -0.2) is 62.7 Å². The van der Waals surface area contributed by atoms with Crippen LogP contribution >= 0.6 is 11.6 Å². The second kappa shape index (κ2) is 9.96. The van der Waals surface area contributed by atoms with Gasteiger partial charge in [0.1, 0.15) is 23.3 Å². The fourth-order valence-corrected chi connectivity index (χ4v) is 5.32. The van der Waals surface area contributed by atoms with E-state index >= 15 is 0 Å². The van der Waals surface area contributed by atoms with Gasteiger partial charge in [-0.3, -0.25) is 0 Å². The molecular formula is C22H24ClF3N6O3S. The Hall–Kier alpha value is -2.74. The zero-order valence-electron chi connectivity index (χ0n) is 19.4. The summed E-state index contributed by atoms with van der Waals surface area (Å²) in [4.78, 5) is 12.1. The maximum absolute atomic E-state index is 13.8. The Bertz CT molecular complexity index is 1370. The summed E-state index contributed by atoms with van der Waals surface area (Å²) >= 11 is 6.27. The van der Waals surface area contributed by atoms with Gasteiger partial charge in [0.05, 0.1) is 23.6 Å². The van der Waals surface area contributed by atoms with Crippen LogP contribution in [0.15, 0.2) is 36.9 Å². The van der Waals surface area contributed by atoms with Crippen molar-refractivity contribution < 1.29 is 26.7 Å². The van der Waals surface area contributed by atoms with Gasteiger partial charge in [0.2, 0.25) is 16.0 Å². The normalized spacial score (nSPS) is 19.4. The highest BCUT2D eigenvalue weighted by Gasteiger charge is 2.37. The molecule has 0 amide bonds. The predicted octanol–water partition coefficient (Wildman–Crippen LogP) is 3.58. The Morgan fingerprint density at radius 2 is 2.03 bits per heavy atom. The topological polar surface area (TPSA) is 113 Å². The van der Waals surface area contributed by atoms with Crippen LogP contribution in [0.1, 0.15) is 24.5 Å². The third-order valence-electron chi connectivity index (χ3n) is 6.04. The first-order valence-electron chi connectivity index (χ1n) is 11.0. The van der Waals surface area contributed by atoms with Gasteiger partial charge in [0.15, 0.2) is 0 Å². The summed E-state index contributed by atoms with van der Waals surface area (Å²) in [7, 11) is -3.33. The van der Waals surface area contributed by atoms with E-state index in [1.54, 1.807) is 18.2 Å². The van der Waals surface area contributed by atoms with E-state index in [0.29, 0.717) is 28.9 Å². The molecule has 14 heteroatoms. The molecule has 3 aromatic rings. The number of hydrogen-bond acceptors (Lipinski definition) is 7. The van der Waals surface area contributed by atoms with Gasteiger partial charge in [-0.05, 0) is 30.0 Å². The van der Waals surface area contributed by atoms with Gasteiger partial charge >= 0.3 is 6.18 Å². The van der Waals surface area contributed by atoms with E-state index in [2.05, 4.69) is 20.3 Å². The number of anilines is 1. The molecular weight excluding hydrogens is 521 g/mol. The molecule has 0 bridgehead atoms. The second-order valence-corrected chi connectivity index (χ2v) is 11.1. The molecule has 1 fully saturated rings. The van der Waals surface area contributed by atoms with Crippen LogP contribution in [0.25, 0.3) is 17.1 Å². The number of imidazole rings is 1. The quantitative estimate of drug-likeness (QED) is 0.487. The van der Waals surface area contributed by atoms with Crippen molar-refractivity contribution >= 4 is 27.6 Å². The Balaban J connectivity index is 1.64. The van der Waals surface area contributed by atoms with Gasteiger partial charge in [0, 0.05) is 31.5 Å². The van der Waals surface area contributed by atoms with Crippen LogP contribution in [0.4, 0.5) is 19.1 Å². The van der Waals surface area contributed by atoms with E-state index in [0.717, 1.165) is 6.26 Å². The van der Waals surface area contributed by atoms with Crippen molar-refractivity contribution in [2.45, 2.75) is 32.2 Å². The van der Waals surface area contributed by atoms with Crippen LogP contribution < -0.4 is 5.32 Å². The molecule has 1 aliphatic heterocycles. The molecule has 0 unspecified atom stereocenters. The van der Waals surface area contributed by atoms with E-state index in [1.165, 1.54) is 21.4 Å². The van der Waals surface area contributed by atoms with E-state index in [9.17, 15) is 26.7 Å². The minimum atomic E-state index is -4.72. The maximum atomic E-state index is 13.8. The molecule has 1 aliphatic rings. The number of nitrogens with one attached hydrogen (secondary N) is 1. The zero-order chi connectivity index (χ0) is 26.3. The van der Waals surface area contributed by atoms with Gasteiger partial charge < -0.3 is 15.0 Å². The maximum Gasteiger partial charge on any atom is 0.420 e. The summed E-state index contributed by atoms with van der Waals surface area (Å²) in [5.74, 6) is -0.131. The average molecular weight is 545 g/mol. The van der Waals surface area contributed by atoms with E-state index in [-0.39, 0.29) is 43.3 Å².